The Hall–Kier alpha value is -1.35. The second kappa shape index (κ2) is 9.64. The number of benzene rings is 2. The lowest BCUT2D eigenvalue weighted by atomic mass is 10.1. The molecule has 29 heavy (non-hydrogen) atoms. The van der Waals surface area contributed by atoms with E-state index in [1.807, 2.05) is 0 Å². The van der Waals surface area contributed by atoms with Gasteiger partial charge in [0.2, 0.25) is 10.0 Å². The van der Waals surface area contributed by atoms with E-state index in [4.69, 9.17) is 39.5 Å². The van der Waals surface area contributed by atoms with E-state index in [0.29, 0.717) is 36.2 Å². The van der Waals surface area contributed by atoms with Crippen LogP contribution in [0.15, 0.2) is 41.3 Å². The van der Waals surface area contributed by atoms with Gasteiger partial charge in [-0.3, -0.25) is 4.79 Å². The first kappa shape index (κ1) is 22.3. The molecule has 156 valence electrons. The van der Waals surface area contributed by atoms with E-state index in [0.717, 1.165) is 5.56 Å². The standard InChI is InChI=1S/C19H19Cl3N2O4S/c20-14-2-1-13(18(22)11-14)5-6-23-19(25)16-12-15(3-4-17(16)21)29(26,27)24-7-9-28-10-8-24/h1-4,11-12H,5-10H2,(H,23,25). The summed E-state index contributed by atoms with van der Waals surface area (Å²) in [5.41, 5.74) is 0.939. The Balaban J connectivity index is 1.71. The first-order valence-electron chi connectivity index (χ1n) is 8.88. The first-order chi connectivity index (χ1) is 13.8. The fourth-order valence-electron chi connectivity index (χ4n) is 2.91. The number of hydrogen-bond donors (Lipinski definition) is 1. The third-order valence-corrected chi connectivity index (χ3v) is 7.30. The maximum Gasteiger partial charge on any atom is 0.252 e. The quantitative estimate of drug-likeness (QED) is 0.689. The van der Waals surface area contributed by atoms with Crippen LogP contribution in [-0.4, -0.2) is 51.5 Å². The molecule has 10 heteroatoms. The van der Waals surface area contributed by atoms with Crippen LogP contribution in [0.4, 0.5) is 0 Å². The minimum atomic E-state index is -3.72. The molecule has 1 amide bonds. The second-order valence-electron chi connectivity index (χ2n) is 6.40. The van der Waals surface area contributed by atoms with Gasteiger partial charge in [-0.2, -0.15) is 4.31 Å². The highest BCUT2D eigenvalue weighted by Crippen LogP contribution is 2.24. The molecule has 2 aromatic carbocycles. The molecular formula is C19H19Cl3N2O4S. The summed E-state index contributed by atoms with van der Waals surface area (Å²) < 4.78 is 32.2. The lowest BCUT2D eigenvalue weighted by Gasteiger charge is -2.26. The van der Waals surface area contributed by atoms with Crippen molar-refractivity contribution in [2.45, 2.75) is 11.3 Å². The third-order valence-electron chi connectivity index (χ3n) is 4.49. The van der Waals surface area contributed by atoms with Crippen LogP contribution in [-0.2, 0) is 21.2 Å². The number of nitrogens with zero attached hydrogens (tertiary/aromatic N) is 1. The number of amides is 1. The maximum atomic E-state index is 12.8. The van der Waals surface area contributed by atoms with Gasteiger partial charge in [0.25, 0.3) is 5.91 Å². The minimum absolute atomic E-state index is 0.0229. The molecule has 1 saturated heterocycles. The molecule has 1 aliphatic rings. The average Bonchev–Trinajstić information content (AvgIpc) is 2.70. The van der Waals surface area contributed by atoms with Crippen LogP contribution in [0.5, 0.6) is 0 Å². The predicted molar refractivity (Wildman–Crippen MR) is 114 cm³/mol. The first-order valence-corrected chi connectivity index (χ1v) is 11.5. The number of hydrogen-bond acceptors (Lipinski definition) is 4. The zero-order valence-corrected chi connectivity index (χ0v) is 18.4. The smallest absolute Gasteiger partial charge is 0.252 e. The lowest BCUT2D eigenvalue weighted by Crippen LogP contribution is -2.40. The molecule has 2 aromatic rings. The van der Waals surface area contributed by atoms with Gasteiger partial charge in [-0.15, -0.1) is 0 Å². The number of ether oxygens (including phenoxy) is 1. The molecule has 0 bridgehead atoms. The molecule has 1 heterocycles. The highest BCUT2D eigenvalue weighted by atomic mass is 35.5. The van der Waals surface area contributed by atoms with Crippen molar-refractivity contribution in [3.05, 3.63) is 62.6 Å². The van der Waals surface area contributed by atoms with Gasteiger partial charge >= 0.3 is 0 Å². The summed E-state index contributed by atoms with van der Waals surface area (Å²) in [6, 6.07) is 9.27. The Morgan fingerprint density at radius 3 is 2.45 bits per heavy atom. The largest absolute Gasteiger partial charge is 0.379 e. The van der Waals surface area contributed by atoms with Gasteiger partial charge in [0, 0.05) is 29.7 Å². The number of carbonyl (C=O) groups is 1. The normalized spacial score (nSPS) is 15.3. The number of carbonyl (C=O) groups excluding carboxylic acids is 1. The van der Waals surface area contributed by atoms with Crippen molar-refractivity contribution in [2.24, 2.45) is 0 Å². The average molecular weight is 478 g/mol. The Morgan fingerprint density at radius 2 is 1.76 bits per heavy atom. The molecule has 0 aliphatic carbocycles. The van der Waals surface area contributed by atoms with Crippen LogP contribution in [0.1, 0.15) is 15.9 Å². The minimum Gasteiger partial charge on any atom is -0.379 e. The molecule has 0 saturated carbocycles. The lowest BCUT2D eigenvalue weighted by molar-refractivity contribution is 0.0730. The van der Waals surface area contributed by atoms with Crippen LogP contribution >= 0.6 is 34.8 Å². The van der Waals surface area contributed by atoms with Crippen molar-refractivity contribution in [3.8, 4) is 0 Å². The molecule has 0 unspecified atom stereocenters. The summed E-state index contributed by atoms with van der Waals surface area (Å²) in [7, 11) is -3.72. The maximum absolute atomic E-state index is 12.8. The Labute approximate surface area is 184 Å². The fraction of sp³-hybridized carbons (Fsp3) is 0.316. The topological polar surface area (TPSA) is 75.7 Å². The molecule has 1 aliphatic heterocycles. The van der Waals surface area contributed by atoms with Crippen molar-refractivity contribution in [3.63, 3.8) is 0 Å². The number of rotatable bonds is 6. The van der Waals surface area contributed by atoms with Crippen molar-refractivity contribution >= 4 is 50.7 Å². The van der Waals surface area contributed by atoms with E-state index in [2.05, 4.69) is 5.32 Å². The summed E-state index contributed by atoms with van der Waals surface area (Å²) in [6.07, 6.45) is 0.491. The Kier molecular flexibility index (Phi) is 7.42. The number of morpholine rings is 1. The van der Waals surface area contributed by atoms with E-state index in [9.17, 15) is 13.2 Å². The molecule has 6 nitrogen and oxygen atoms in total. The zero-order chi connectivity index (χ0) is 21.0. The van der Waals surface area contributed by atoms with E-state index < -0.39 is 15.9 Å². The molecule has 0 radical (unpaired) electrons. The third kappa shape index (κ3) is 5.42. The molecule has 0 atom stereocenters. The van der Waals surface area contributed by atoms with Gasteiger partial charge in [-0.1, -0.05) is 40.9 Å². The Bertz CT molecular complexity index is 1010. The van der Waals surface area contributed by atoms with E-state index in [1.54, 1.807) is 18.2 Å². The molecule has 0 aromatic heterocycles. The van der Waals surface area contributed by atoms with Gasteiger partial charge in [0.15, 0.2) is 0 Å². The van der Waals surface area contributed by atoms with E-state index in [-0.39, 0.29) is 28.6 Å². The predicted octanol–water partition coefficient (Wildman–Crippen LogP) is 3.64. The molecular weight excluding hydrogens is 459 g/mol. The zero-order valence-electron chi connectivity index (χ0n) is 15.3. The fourth-order valence-corrected chi connectivity index (χ4v) is 5.05. The van der Waals surface area contributed by atoms with Gasteiger partial charge in [0.1, 0.15) is 0 Å². The van der Waals surface area contributed by atoms with Crippen molar-refractivity contribution in [2.75, 3.05) is 32.8 Å². The van der Waals surface area contributed by atoms with Gasteiger partial charge < -0.3 is 10.1 Å². The summed E-state index contributed by atoms with van der Waals surface area (Å²) in [6.45, 7) is 1.53. The van der Waals surface area contributed by atoms with Gasteiger partial charge in [-0.25, -0.2) is 8.42 Å². The van der Waals surface area contributed by atoms with Crippen LogP contribution in [0, 0.1) is 0 Å². The van der Waals surface area contributed by atoms with Crippen LogP contribution < -0.4 is 5.32 Å². The highest BCUT2D eigenvalue weighted by Gasteiger charge is 2.27. The van der Waals surface area contributed by atoms with Crippen molar-refractivity contribution < 1.29 is 17.9 Å². The second-order valence-corrected chi connectivity index (χ2v) is 9.59. The van der Waals surface area contributed by atoms with E-state index >= 15 is 0 Å². The van der Waals surface area contributed by atoms with Crippen LogP contribution in [0.3, 0.4) is 0 Å². The van der Waals surface area contributed by atoms with Crippen LogP contribution in [0.25, 0.3) is 0 Å². The Morgan fingerprint density at radius 1 is 1.03 bits per heavy atom. The number of nitrogens with one attached hydrogen (secondary N) is 1. The van der Waals surface area contributed by atoms with Crippen molar-refractivity contribution in [1.82, 2.24) is 9.62 Å². The molecule has 0 spiro atoms. The van der Waals surface area contributed by atoms with E-state index in [1.165, 1.54) is 22.5 Å². The SMILES string of the molecule is O=C(NCCc1ccc(Cl)cc1Cl)c1cc(S(=O)(=O)N2CCOCC2)ccc1Cl. The van der Waals surface area contributed by atoms with Gasteiger partial charge in [-0.05, 0) is 42.3 Å². The molecule has 1 N–H and O–H groups in total. The number of sulfonamides is 1. The van der Waals surface area contributed by atoms with Crippen LogP contribution in [0.2, 0.25) is 15.1 Å². The summed E-state index contributed by atoms with van der Waals surface area (Å²) in [5.74, 6) is -0.459. The number of halogens is 3. The summed E-state index contributed by atoms with van der Waals surface area (Å²) in [4.78, 5) is 12.6. The van der Waals surface area contributed by atoms with Gasteiger partial charge in [0.05, 0.1) is 28.7 Å². The highest BCUT2D eigenvalue weighted by molar-refractivity contribution is 7.89. The van der Waals surface area contributed by atoms with Crippen molar-refractivity contribution in [1.29, 1.82) is 0 Å². The summed E-state index contributed by atoms with van der Waals surface area (Å²) >= 11 is 18.2. The summed E-state index contributed by atoms with van der Waals surface area (Å²) in [5, 5.41) is 3.97. The molecule has 3 rings (SSSR count). The monoisotopic (exact) mass is 476 g/mol. The molecule has 1 fully saturated rings.